The van der Waals surface area contributed by atoms with Gasteiger partial charge in [0.25, 0.3) is 0 Å². The fraction of sp³-hybridized carbons (Fsp3) is 0.762. The number of nitrogens with one attached hydrogen (secondary N) is 2. The van der Waals surface area contributed by atoms with Gasteiger partial charge in [0.2, 0.25) is 17.7 Å². The first kappa shape index (κ1) is 28.3. The minimum atomic E-state index is -1.39. The number of carboxylic acids is 2. The van der Waals surface area contributed by atoms with Crippen LogP contribution in [0.5, 0.6) is 0 Å². The Hall–Kier alpha value is -2.73. The molecular formula is C21H37N5O7. The monoisotopic (exact) mass is 471 g/mol. The quantitative estimate of drug-likeness (QED) is 0.172. The van der Waals surface area contributed by atoms with Crippen LogP contribution in [0.15, 0.2) is 0 Å². The van der Waals surface area contributed by atoms with E-state index in [4.69, 9.17) is 11.5 Å². The maximum Gasteiger partial charge on any atom is 0.326 e. The van der Waals surface area contributed by atoms with E-state index in [9.17, 15) is 34.2 Å². The highest BCUT2D eigenvalue weighted by atomic mass is 16.4. The fourth-order valence-electron chi connectivity index (χ4n) is 3.68. The number of carboxylic acid groups (broad SMARTS) is 2. The van der Waals surface area contributed by atoms with E-state index in [1.807, 2.05) is 6.92 Å². The Kier molecular flexibility index (Phi) is 11.8. The van der Waals surface area contributed by atoms with Crippen molar-refractivity contribution in [3.8, 4) is 0 Å². The molecule has 5 atom stereocenters. The summed E-state index contributed by atoms with van der Waals surface area (Å²) >= 11 is 0. The lowest BCUT2D eigenvalue weighted by atomic mass is 9.99. The molecule has 12 heteroatoms. The van der Waals surface area contributed by atoms with Gasteiger partial charge in [-0.1, -0.05) is 20.3 Å². The Morgan fingerprint density at radius 2 is 1.76 bits per heavy atom. The molecule has 0 spiro atoms. The van der Waals surface area contributed by atoms with Crippen molar-refractivity contribution >= 4 is 29.7 Å². The number of aliphatic carboxylic acids is 2. The number of nitrogens with two attached hydrogens (primary N) is 2. The lowest BCUT2D eigenvalue weighted by molar-refractivity contribution is -0.147. The number of hydrogen-bond donors (Lipinski definition) is 6. The van der Waals surface area contributed by atoms with Crippen LogP contribution in [-0.4, -0.2) is 82.0 Å². The summed E-state index contributed by atoms with van der Waals surface area (Å²) in [6.45, 7) is 4.21. The van der Waals surface area contributed by atoms with Gasteiger partial charge < -0.3 is 37.2 Å². The molecule has 1 fully saturated rings. The summed E-state index contributed by atoms with van der Waals surface area (Å²) in [7, 11) is 0. The highest BCUT2D eigenvalue weighted by molar-refractivity contribution is 5.96. The van der Waals surface area contributed by atoms with Gasteiger partial charge in [0.1, 0.15) is 18.1 Å². The molecule has 188 valence electrons. The maximum absolute atomic E-state index is 13.1. The number of carbonyl (C=O) groups is 5. The first-order valence-electron chi connectivity index (χ1n) is 11.3. The van der Waals surface area contributed by atoms with Gasteiger partial charge in [0.05, 0.1) is 12.5 Å². The van der Waals surface area contributed by atoms with Crippen molar-refractivity contribution in [1.82, 2.24) is 15.5 Å². The van der Waals surface area contributed by atoms with Crippen molar-refractivity contribution in [2.75, 3.05) is 13.1 Å². The zero-order valence-electron chi connectivity index (χ0n) is 19.3. The molecule has 0 radical (unpaired) electrons. The Morgan fingerprint density at radius 1 is 1.09 bits per heavy atom. The average Bonchev–Trinajstić information content (AvgIpc) is 3.25. The summed E-state index contributed by atoms with van der Waals surface area (Å²) in [5, 5.41) is 23.5. The molecule has 8 N–H and O–H groups in total. The number of unbranched alkanes of at least 4 members (excludes halogenated alkanes) is 1. The number of carbonyl (C=O) groups excluding carboxylic acids is 3. The molecule has 0 aromatic carbocycles. The number of amides is 3. The van der Waals surface area contributed by atoms with Crippen molar-refractivity contribution in [3.05, 3.63) is 0 Å². The number of nitrogens with zero attached hydrogens (tertiary/aromatic N) is 1. The predicted molar refractivity (Wildman–Crippen MR) is 119 cm³/mol. The van der Waals surface area contributed by atoms with Gasteiger partial charge in [-0.15, -0.1) is 0 Å². The maximum atomic E-state index is 13.1. The molecule has 1 heterocycles. The van der Waals surface area contributed by atoms with Gasteiger partial charge in [-0.2, -0.15) is 0 Å². The van der Waals surface area contributed by atoms with Crippen LogP contribution in [0.4, 0.5) is 0 Å². The van der Waals surface area contributed by atoms with Crippen LogP contribution in [0, 0.1) is 5.92 Å². The van der Waals surface area contributed by atoms with Crippen LogP contribution in [0.2, 0.25) is 0 Å². The average molecular weight is 472 g/mol. The van der Waals surface area contributed by atoms with Gasteiger partial charge in [0, 0.05) is 6.54 Å². The standard InChI is InChI=1S/C21H37N5O7/c1-3-12(2)17(23)19(30)25-14(11-16(27)28)20(31)26-10-6-8-15(26)18(29)24-13(21(32)33)7-4-5-9-22/h12-15,17H,3-11,22-23H2,1-2H3,(H,24,29)(H,25,30)(H,27,28)(H,32,33). The zero-order valence-corrected chi connectivity index (χ0v) is 19.3. The summed E-state index contributed by atoms with van der Waals surface area (Å²) in [5.74, 6) is -4.64. The summed E-state index contributed by atoms with van der Waals surface area (Å²) in [4.78, 5) is 62.4. The molecule has 0 aliphatic carbocycles. The first-order chi connectivity index (χ1) is 15.5. The molecule has 3 amide bonds. The van der Waals surface area contributed by atoms with E-state index in [0.29, 0.717) is 38.6 Å². The zero-order chi connectivity index (χ0) is 25.1. The van der Waals surface area contributed by atoms with Gasteiger partial charge in [0.15, 0.2) is 0 Å². The van der Waals surface area contributed by atoms with E-state index in [2.05, 4.69) is 10.6 Å². The second kappa shape index (κ2) is 13.7. The number of rotatable bonds is 14. The third-order valence-corrected chi connectivity index (χ3v) is 5.95. The molecule has 1 saturated heterocycles. The summed E-state index contributed by atoms with van der Waals surface area (Å²) in [5.41, 5.74) is 11.3. The molecule has 0 saturated carbocycles. The van der Waals surface area contributed by atoms with E-state index in [1.165, 1.54) is 4.90 Å². The molecule has 1 aliphatic rings. The van der Waals surface area contributed by atoms with E-state index >= 15 is 0 Å². The Balaban J connectivity index is 2.93. The molecule has 0 aromatic rings. The lowest BCUT2D eigenvalue weighted by Gasteiger charge is -2.30. The molecule has 1 rings (SSSR count). The van der Waals surface area contributed by atoms with Crippen molar-refractivity contribution in [3.63, 3.8) is 0 Å². The van der Waals surface area contributed by atoms with Crippen molar-refractivity contribution in [1.29, 1.82) is 0 Å². The first-order valence-corrected chi connectivity index (χ1v) is 11.3. The van der Waals surface area contributed by atoms with Crippen molar-refractivity contribution in [2.24, 2.45) is 17.4 Å². The van der Waals surface area contributed by atoms with Crippen LogP contribution in [0.25, 0.3) is 0 Å². The van der Waals surface area contributed by atoms with Crippen LogP contribution in [0.3, 0.4) is 0 Å². The molecule has 33 heavy (non-hydrogen) atoms. The molecule has 1 aliphatic heterocycles. The fourth-order valence-corrected chi connectivity index (χ4v) is 3.68. The van der Waals surface area contributed by atoms with Gasteiger partial charge in [-0.05, 0) is 44.6 Å². The normalized spacial score (nSPS) is 19.3. The Labute approximate surface area is 193 Å². The smallest absolute Gasteiger partial charge is 0.326 e. The minimum Gasteiger partial charge on any atom is -0.481 e. The third-order valence-electron chi connectivity index (χ3n) is 5.95. The van der Waals surface area contributed by atoms with Crippen LogP contribution < -0.4 is 22.1 Å². The summed E-state index contributed by atoms with van der Waals surface area (Å²) in [6.07, 6.45) is 2.06. The van der Waals surface area contributed by atoms with Crippen LogP contribution >= 0.6 is 0 Å². The lowest BCUT2D eigenvalue weighted by Crippen LogP contribution is -2.57. The Morgan fingerprint density at radius 3 is 2.30 bits per heavy atom. The van der Waals surface area contributed by atoms with Gasteiger partial charge >= 0.3 is 11.9 Å². The van der Waals surface area contributed by atoms with Gasteiger partial charge in [-0.25, -0.2) is 4.79 Å². The molecule has 0 aromatic heterocycles. The van der Waals surface area contributed by atoms with Crippen LogP contribution in [-0.2, 0) is 24.0 Å². The number of hydrogen-bond acceptors (Lipinski definition) is 7. The van der Waals surface area contributed by atoms with E-state index in [0.717, 1.165) is 0 Å². The summed E-state index contributed by atoms with van der Waals surface area (Å²) in [6, 6.07) is -4.38. The molecule has 5 unspecified atom stereocenters. The van der Waals surface area contributed by atoms with E-state index < -0.39 is 60.2 Å². The SMILES string of the molecule is CCC(C)C(N)C(=O)NC(CC(=O)O)C(=O)N1CCCC1C(=O)NC(CCCCN)C(=O)O. The van der Waals surface area contributed by atoms with Crippen LogP contribution in [0.1, 0.15) is 58.8 Å². The van der Waals surface area contributed by atoms with E-state index in [-0.39, 0.29) is 18.9 Å². The topological polar surface area (TPSA) is 205 Å². The highest BCUT2D eigenvalue weighted by Gasteiger charge is 2.39. The third kappa shape index (κ3) is 8.61. The predicted octanol–water partition coefficient (Wildman–Crippen LogP) is -0.991. The van der Waals surface area contributed by atoms with E-state index in [1.54, 1.807) is 6.92 Å². The summed E-state index contributed by atoms with van der Waals surface area (Å²) < 4.78 is 0. The molecular weight excluding hydrogens is 434 g/mol. The molecule has 12 nitrogen and oxygen atoms in total. The van der Waals surface area contributed by atoms with Crippen molar-refractivity contribution in [2.45, 2.75) is 83.0 Å². The van der Waals surface area contributed by atoms with Gasteiger partial charge in [-0.3, -0.25) is 19.2 Å². The van der Waals surface area contributed by atoms with Crippen molar-refractivity contribution < 1.29 is 34.2 Å². The minimum absolute atomic E-state index is 0.178. The second-order valence-electron chi connectivity index (χ2n) is 8.44. The second-order valence-corrected chi connectivity index (χ2v) is 8.44. The highest BCUT2D eigenvalue weighted by Crippen LogP contribution is 2.20. The number of likely N-dealkylation sites (tertiary alicyclic amines) is 1. The Bertz CT molecular complexity index is 717. The molecule has 0 bridgehead atoms. The largest absolute Gasteiger partial charge is 0.481 e.